The van der Waals surface area contributed by atoms with Crippen molar-refractivity contribution in [1.29, 1.82) is 0 Å². The first-order valence-electron chi connectivity index (χ1n) is 6.83. The molecule has 1 heterocycles. The molecule has 0 aliphatic rings. The normalized spacial score (nSPS) is 11.2. The van der Waals surface area contributed by atoms with E-state index >= 15 is 0 Å². The highest BCUT2D eigenvalue weighted by Gasteiger charge is 2.05. The number of rotatable bonds is 7. The number of hydrogen-bond acceptors (Lipinski definition) is 3. The average Bonchev–Trinajstić information content (AvgIpc) is 2.46. The summed E-state index contributed by atoms with van der Waals surface area (Å²) < 4.78 is 5.62. The number of hydrogen-bond donors (Lipinski definition) is 2. The molecule has 0 amide bonds. The summed E-state index contributed by atoms with van der Waals surface area (Å²) in [6.07, 6.45) is 3.79. The lowest BCUT2D eigenvalue weighted by Gasteiger charge is -2.13. The summed E-state index contributed by atoms with van der Waals surface area (Å²) in [6.45, 7) is 6.45. The maximum Gasteiger partial charge on any atom is 0.218 e. The number of aromatic nitrogens is 1. The molecule has 0 saturated carbocycles. The maximum atomic E-state index is 5.62. The van der Waals surface area contributed by atoms with Crippen molar-refractivity contribution < 1.29 is 4.74 Å². The van der Waals surface area contributed by atoms with Gasteiger partial charge in [-0.15, -0.1) is 0 Å². The van der Waals surface area contributed by atoms with Crippen LogP contribution in [0.2, 0.25) is 0 Å². The van der Waals surface area contributed by atoms with Gasteiger partial charge in [0.25, 0.3) is 0 Å². The third kappa shape index (κ3) is 5.59. The van der Waals surface area contributed by atoms with Crippen molar-refractivity contribution >= 4 is 5.96 Å². The highest BCUT2D eigenvalue weighted by molar-refractivity contribution is 5.79. The van der Waals surface area contributed by atoms with E-state index in [-0.39, 0.29) is 0 Å². The number of nitrogens with zero attached hydrogens (tertiary/aromatic N) is 2. The fourth-order valence-corrected chi connectivity index (χ4v) is 1.53. The summed E-state index contributed by atoms with van der Waals surface area (Å²) in [6, 6.07) is 3.93. The molecule has 0 saturated heterocycles. The molecular formula is C14H24N4O. The number of guanidine groups is 1. The quantitative estimate of drug-likeness (QED) is 0.584. The molecule has 0 bridgehead atoms. The summed E-state index contributed by atoms with van der Waals surface area (Å²) in [5, 5.41) is 6.49. The molecule has 0 aromatic carbocycles. The Morgan fingerprint density at radius 2 is 2.16 bits per heavy atom. The molecule has 106 valence electrons. The van der Waals surface area contributed by atoms with Gasteiger partial charge in [-0.25, -0.2) is 4.98 Å². The Labute approximate surface area is 115 Å². The van der Waals surface area contributed by atoms with E-state index in [4.69, 9.17) is 4.74 Å². The summed E-state index contributed by atoms with van der Waals surface area (Å²) in [5.74, 6) is 1.50. The molecular weight excluding hydrogens is 240 g/mol. The SMILES string of the molecule is CCCNC(=NC)NCc1cccnc1OCCC. The van der Waals surface area contributed by atoms with Crippen molar-refractivity contribution in [3.8, 4) is 5.88 Å². The van der Waals surface area contributed by atoms with E-state index in [0.29, 0.717) is 19.0 Å². The Hall–Kier alpha value is -1.78. The smallest absolute Gasteiger partial charge is 0.218 e. The average molecular weight is 264 g/mol. The Kier molecular flexibility index (Phi) is 7.39. The van der Waals surface area contributed by atoms with Crippen LogP contribution in [-0.2, 0) is 6.54 Å². The standard InChI is InChI=1S/C14H24N4O/c1-4-8-17-14(15-3)18-11-12-7-6-9-16-13(12)19-10-5-2/h6-7,9H,4-5,8,10-11H2,1-3H3,(H2,15,17,18). The molecule has 0 unspecified atom stereocenters. The van der Waals surface area contributed by atoms with E-state index < -0.39 is 0 Å². The van der Waals surface area contributed by atoms with Crippen molar-refractivity contribution in [2.24, 2.45) is 4.99 Å². The van der Waals surface area contributed by atoms with Crippen LogP contribution < -0.4 is 15.4 Å². The number of pyridine rings is 1. The van der Waals surface area contributed by atoms with Crippen molar-refractivity contribution in [2.75, 3.05) is 20.2 Å². The first-order chi connectivity index (χ1) is 9.31. The summed E-state index contributed by atoms with van der Waals surface area (Å²) in [5.41, 5.74) is 1.04. The van der Waals surface area contributed by atoms with E-state index in [1.807, 2.05) is 12.1 Å². The van der Waals surface area contributed by atoms with Gasteiger partial charge in [0.15, 0.2) is 5.96 Å². The molecule has 1 rings (SSSR count). The lowest BCUT2D eigenvalue weighted by atomic mass is 10.2. The van der Waals surface area contributed by atoms with Crippen LogP contribution in [0, 0.1) is 0 Å². The minimum atomic E-state index is 0.649. The van der Waals surface area contributed by atoms with E-state index in [0.717, 1.165) is 30.9 Å². The molecule has 0 spiro atoms. The molecule has 0 aliphatic carbocycles. The van der Waals surface area contributed by atoms with Gasteiger partial charge < -0.3 is 15.4 Å². The van der Waals surface area contributed by atoms with Gasteiger partial charge in [0.2, 0.25) is 5.88 Å². The summed E-state index contributed by atoms with van der Waals surface area (Å²) in [4.78, 5) is 8.43. The van der Waals surface area contributed by atoms with Crippen LogP contribution in [0.3, 0.4) is 0 Å². The van der Waals surface area contributed by atoms with Crippen LogP contribution in [0.15, 0.2) is 23.3 Å². The van der Waals surface area contributed by atoms with Crippen LogP contribution in [-0.4, -0.2) is 31.1 Å². The predicted molar refractivity (Wildman–Crippen MR) is 78.5 cm³/mol. The van der Waals surface area contributed by atoms with Crippen molar-refractivity contribution in [3.63, 3.8) is 0 Å². The second kappa shape index (κ2) is 9.19. The van der Waals surface area contributed by atoms with E-state index in [2.05, 4.69) is 34.5 Å². The largest absolute Gasteiger partial charge is 0.477 e. The topological polar surface area (TPSA) is 58.5 Å². The van der Waals surface area contributed by atoms with Crippen LogP contribution in [0.25, 0.3) is 0 Å². The number of nitrogens with one attached hydrogen (secondary N) is 2. The van der Waals surface area contributed by atoms with Gasteiger partial charge in [-0.05, 0) is 18.9 Å². The van der Waals surface area contributed by atoms with E-state index in [9.17, 15) is 0 Å². The van der Waals surface area contributed by atoms with Gasteiger partial charge in [-0.3, -0.25) is 4.99 Å². The zero-order valence-electron chi connectivity index (χ0n) is 12.1. The maximum absolute atomic E-state index is 5.62. The third-order valence-corrected chi connectivity index (χ3v) is 2.51. The van der Waals surface area contributed by atoms with E-state index in [1.165, 1.54) is 0 Å². The number of ether oxygens (including phenoxy) is 1. The second-order valence-corrected chi connectivity index (χ2v) is 4.17. The van der Waals surface area contributed by atoms with Gasteiger partial charge in [-0.2, -0.15) is 0 Å². The fraction of sp³-hybridized carbons (Fsp3) is 0.571. The number of aliphatic imine (C=N–C) groups is 1. The molecule has 5 heteroatoms. The Balaban J connectivity index is 2.56. The van der Waals surface area contributed by atoms with Crippen molar-refractivity contribution in [3.05, 3.63) is 23.9 Å². The molecule has 0 aliphatic heterocycles. The van der Waals surface area contributed by atoms with Crippen LogP contribution in [0.4, 0.5) is 0 Å². The molecule has 2 N–H and O–H groups in total. The predicted octanol–water partition coefficient (Wildman–Crippen LogP) is 1.95. The minimum absolute atomic E-state index is 0.649. The lowest BCUT2D eigenvalue weighted by molar-refractivity contribution is 0.301. The highest BCUT2D eigenvalue weighted by atomic mass is 16.5. The zero-order chi connectivity index (χ0) is 13.9. The van der Waals surface area contributed by atoms with Crippen LogP contribution >= 0.6 is 0 Å². The third-order valence-electron chi connectivity index (χ3n) is 2.51. The highest BCUT2D eigenvalue weighted by Crippen LogP contribution is 2.13. The first kappa shape index (κ1) is 15.3. The van der Waals surface area contributed by atoms with Gasteiger partial charge in [-0.1, -0.05) is 19.9 Å². The molecule has 19 heavy (non-hydrogen) atoms. The molecule has 5 nitrogen and oxygen atoms in total. The molecule has 0 atom stereocenters. The fourth-order valence-electron chi connectivity index (χ4n) is 1.53. The van der Waals surface area contributed by atoms with Gasteiger partial charge in [0.1, 0.15) is 0 Å². The van der Waals surface area contributed by atoms with Gasteiger partial charge in [0.05, 0.1) is 6.61 Å². The molecule has 1 aromatic heterocycles. The Bertz CT molecular complexity index is 393. The van der Waals surface area contributed by atoms with E-state index in [1.54, 1.807) is 13.2 Å². The van der Waals surface area contributed by atoms with Crippen LogP contribution in [0.5, 0.6) is 5.88 Å². The molecule has 0 fully saturated rings. The molecule has 0 radical (unpaired) electrons. The Morgan fingerprint density at radius 3 is 2.84 bits per heavy atom. The minimum Gasteiger partial charge on any atom is -0.477 e. The van der Waals surface area contributed by atoms with Gasteiger partial charge in [0, 0.05) is 31.9 Å². The lowest BCUT2D eigenvalue weighted by Crippen LogP contribution is -2.37. The molecule has 1 aromatic rings. The van der Waals surface area contributed by atoms with Crippen LogP contribution in [0.1, 0.15) is 32.3 Å². The summed E-state index contributed by atoms with van der Waals surface area (Å²) >= 11 is 0. The van der Waals surface area contributed by atoms with Crippen molar-refractivity contribution in [2.45, 2.75) is 33.2 Å². The second-order valence-electron chi connectivity index (χ2n) is 4.17. The van der Waals surface area contributed by atoms with Gasteiger partial charge >= 0.3 is 0 Å². The van der Waals surface area contributed by atoms with Crippen molar-refractivity contribution in [1.82, 2.24) is 15.6 Å². The first-order valence-corrected chi connectivity index (χ1v) is 6.83. The monoisotopic (exact) mass is 264 g/mol. The Morgan fingerprint density at radius 1 is 1.32 bits per heavy atom. The summed E-state index contributed by atoms with van der Waals surface area (Å²) in [7, 11) is 1.77. The zero-order valence-corrected chi connectivity index (χ0v) is 12.1.